The van der Waals surface area contributed by atoms with E-state index in [-0.39, 0.29) is 15.5 Å². The van der Waals surface area contributed by atoms with Crippen LogP contribution in [-0.4, -0.2) is 25.6 Å². The number of halogens is 1. The minimum Gasteiger partial charge on any atom is -0.320 e. The Bertz CT molecular complexity index is 869. The molecule has 23 heavy (non-hydrogen) atoms. The van der Waals surface area contributed by atoms with E-state index < -0.39 is 15.7 Å². The van der Waals surface area contributed by atoms with Gasteiger partial charge in [-0.3, -0.25) is 9.78 Å². The summed E-state index contributed by atoms with van der Waals surface area (Å²) in [5, 5.41) is 2.87. The van der Waals surface area contributed by atoms with E-state index in [1.165, 1.54) is 18.2 Å². The van der Waals surface area contributed by atoms with Gasteiger partial charge in [0.2, 0.25) is 0 Å². The zero-order valence-electron chi connectivity index (χ0n) is 13.3. The van der Waals surface area contributed by atoms with Crippen LogP contribution in [0.4, 0.5) is 5.69 Å². The van der Waals surface area contributed by atoms with Crippen LogP contribution in [0.2, 0.25) is 5.02 Å². The summed E-state index contributed by atoms with van der Waals surface area (Å²) in [7, 11) is -3.51. The van der Waals surface area contributed by atoms with Crippen molar-refractivity contribution in [1.82, 2.24) is 4.98 Å². The lowest BCUT2D eigenvalue weighted by Gasteiger charge is -2.12. The molecule has 0 radical (unpaired) electrons. The standard InChI is InChI=1S/C16H17ClN2O3S/c1-9-7-10(2)18-11(3)15(9)19-16(20)12-5-6-13(17)14(8-12)23(4,21)22/h5-8H,1-4H3,(H,19,20). The molecule has 5 nitrogen and oxygen atoms in total. The lowest BCUT2D eigenvalue weighted by atomic mass is 10.1. The molecular weight excluding hydrogens is 336 g/mol. The Hall–Kier alpha value is -1.92. The Morgan fingerprint density at radius 1 is 1.17 bits per heavy atom. The Balaban J connectivity index is 2.40. The van der Waals surface area contributed by atoms with Gasteiger partial charge in [0, 0.05) is 17.5 Å². The van der Waals surface area contributed by atoms with Crippen molar-refractivity contribution in [3.05, 3.63) is 51.8 Å². The van der Waals surface area contributed by atoms with Gasteiger partial charge in [0.15, 0.2) is 9.84 Å². The summed E-state index contributed by atoms with van der Waals surface area (Å²) in [6.45, 7) is 5.56. The van der Waals surface area contributed by atoms with Crippen LogP contribution in [0.15, 0.2) is 29.2 Å². The van der Waals surface area contributed by atoms with E-state index in [9.17, 15) is 13.2 Å². The van der Waals surface area contributed by atoms with Crippen molar-refractivity contribution >= 4 is 33.0 Å². The second-order valence-corrected chi connectivity index (χ2v) is 7.80. The normalized spacial score (nSPS) is 11.3. The Morgan fingerprint density at radius 2 is 1.83 bits per heavy atom. The average Bonchev–Trinajstić information content (AvgIpc) is 2.41. The first-order valence-electron chi connectivity index (χ1n) is 6.85. The van der Waals surface area contributed by atoms with Gasteiger partial charge in [-0.05, 0) is 50.6 Å². The third-order valence-electron chi connectivity index (χ3n) is 3.36. The summed E-state index contributed by atoms with van der Waals surface area (Å²) in [5.74, 6) is -0.414. The van der Waals surface area contributed by atoms with Gasteiger partial charge in [-0.1, -0.05) is 11.6 Å². The number of hydrogen-bond acceptors (Lipinski definition) is 4. The summed E-state index contributed by atoms with van der Waals surface area (Å²) < 4.78 is 23.4. The molecule has 1 amide bonds. The first-order chi connectivity index (χ1) is 10.6. The monoisotopic (exact) mass is 352 g/mol. The second-order valence-electron chi connectivity index (χ2n) is 5.41. The minimum absolute atomic E-state index is 0.0673. The topological polar surface area (TPSA) is 76.1 Å². The molecule has 1 aromatic carbocycles. The van der Waals surface area contributed by atoms with Crippen LogP contribution in [0.25, 0.3) is 0 Å². The quantitative estimate of drug-likeness (QED) is 0.919. The van der Waals surface area contributed by atoms with Crippen LogP contribution in [0.1, 0.15) is 27.3 Å². The Labute approximate surface area is 140 Å². The van der Waals surface area contributed by atoms with E-state index in [2.05, 4.69) is 10.3 Å². The molecule has 122 valence electrons. The molecule has 1 heterocycles. The number of benzene rings is 1. The van der Waals surface area contributed by atoms with E-state index >= 15 is 0 Å². The Morgan fingerprint density at radius 3 is 2.39 bits per heavy atom. The highest BCUT2D eigenvalue weighted by Gasteiger charge is 2.17. The maximum Gasteiger partial charge on any atom is 0.255 e. The number of sulfone groups is 1. The molecule has 0 saturated carbocycles. The zero-order valence-corrected chi connectivity index (χ0v) is 14.8. The molecule has 2 rings (SSSR count). The molecule has 0 saturated heterocycles. The molecule has 7 heteroatoms. The molecule has 2 aromatic rings. The molecule has 1 N–H and O–H groups in total. The van der Waals surface area contributed by atoms with Gasteiger partial charge in [-0.2, -0.15) is 0 Å². The number of hydrogen-bond donors (Lipinski definition) is 1. The number of carbonyl (C=O) groups excluding carboxylic acids is 1. The van der Waals surface area contributed by atoms with Gasteiger partial charge in [-0.25, -0.2) is 8.42 Å². The molecule has 0 bridgehead atoms. The highest BCUT2D eigenvalue weighted by Crippen LogP contribution is 2.24. The van der Waals surface area contributed by atoms with Gasteiger partial charge < -0.3 is 5.32 Å². The SMILES string of the molecule is Cc1cc(C)c(NC(=O)c2ccc(Cl)c(S(C)(=O)=O)c2)c(C)n1. The van der Waals surface area contributed by atoms with E-state index in [0.29, 0.717) is 11.4 Å². The number of nitrogens with zero attached hydrogens (tertiary/aromatic N) is 1. The van der Waals surface area contributed by atoms with Crippen LogP contribution < -0.4 is 5.32 Å². The van der Waals surface area contributed by atoms with Crippen molar-refractivity contribution in [1.29, 1.82) is 0 Å². The van der Waals surface area contributed by atoms with Gasteiger partial charge in [0.05, 0.1) is 21.3 Å². The predicted octanol–water partition coefficient (Wildman–Crippen LogP) is 3.32. The number of aryl methyl sites for hydroxylation is 3. The van der Waals surface area contributed by atoms with E-state index in [1.54, 1.807) is 6.92 Å². The van der Waals surface area contributed by atoms with E-state index in [4.69, 9.17) is 11.6 Å². The molecule has 0 unspecified atom stereocenters. The average molecular weight is 353 g/mol. The number of amides is 1. The first kappa shape index (κ1) is 17.4. The second kappa shape index (κ2) is 6.29. The predicted molar refractivity (Wildman–Crippen MR) is 91.0 cm³/mol. The largest absolute Gasteiger partial charge is 0.320 e. The first-order valence-corrected chi connectivity index (χ1v) is 9.12. The van der Waals surface area contributed by atoms with E-state index in [0.717, 1.165) is 17.5 Å². The molecule has 0 aliphatic rings. The smallest absolute Gasteiger partial charge is 0.255 e. The fourth-order valence-corrected chi connectivity index (χ4v) is 3.63. The van der Waals surface area contributed by atoms with Crippen LogP contribution in [0, 0.1) is 20.8 Å². The lowest BCUT2D eigenvalue weighted by Crippen LogP contribution is -2.15. The number of aromatic nitrogens is 1. The molecule has 0 atom stereocenters. The summed E-state index contributed by atoms with van der Waals surface area (Å²) in [5.41, 5.74) is 3.29. The van der Waals surface area contributed by atoms with E-state index in [1.807, 2.05) is 19.9 Å². The molecule has 0 spiro atoms. The molecule has 0 fully saturated rings. The fraction of sp³-hybridized carbons (Fsp3) is 0.250. The number of pyridine rings is 1. The van der Waals surface area contributed by atoms with Gasteiger partial charge in [0.1, 0.15) is 0 Å². The third-order valence-corrected chi connectivity index (χ3v) is 4.94. The molecule has 0 aliphatic carbocycles. The van der Waals surface area contributed by atoms with Crippen molar-refractivity contribution in [3.63, 3.8) is 0 Å². The molecular formula is C16H17ClN2O3S. The number of rotatable bonds is 3. The number of nitrogens with one attached hydrogen (secondary N) is 1. The minimum atomic E-state index is -3.51. The van der Waals surface area contributed by atoms with Crippen molar-refractivity contribution in [2.45, 2.75) is 25.7 Å². The number of anilines is 1. The van der Waals surface area contributed by atoms with Crippen molar-refractivity contribution in [2.24, 2.45) is 0 Å². The Kier molecular flexibility index (Phi) is 4.77. The highest BCUT2D eigenvalue weighted by molar-refractivity contribution is 7.90. The summed E-state index contributed by atoms with van der Waals surface area (Å²) in [6.07, 6.45) is 1.05. The third kappa shape index (κ3) is 3.89. The van der Waals surface area contributed by atoms with Gasteiger partial charge in [-0.15, -0.1) is 0 Å². The van der Waals surface area contributed by atoms with Crippen molar-refractivity contribution < 1.29 is 13.2 Å². The van der Waals surface area contributed by atoms with Crippen LogP contribution in [0.5, 0.6) is 0 Å². The van der Waals surface area contributed by atoms with Crippen LogP contribution in [-0.2, 0) is 9.84 Å². The van der Waals surface area contributed by atoms with Crippen molar-refractivity contribution in [3.8, 4) is 0 Å². The molecule has 0 aliphatic heterocycles. The van der Waals surface area contributed by atoms with Crippen LogP contribution >= 0.6 is 11.6 Å². The summed E-state index contributed by atoms with van der Waals surface area (Å²) in [4.78, 5) is 16.7. The van der Waals surface area contributed by atoms with Crippen LogP contribution in [0.3, 0.4) is 0 Å². The zero-order chi connectivity index (χ0) is 17.4. The maximum atomic E-state index is 12.4. The van der Waals surface area contributed by atoms with Gasteiger partial charge >= 0.3 is 0 Å². The molecule has 1 aromatic heterocycles. The summed E-state index contributed by atoms with van der Waals surface area (Å²) >= 11 is 5.89. The highest BCUT2D eigenvalue weighted by atomic mass is 35.5. The maximum absolute atomic E-state index is 12.4. The lowest BCUT2D eigenvalue weighted by molar-refractivity contribution is 0.102. The summed E-state index contributed by atoms with van der Waals surface area (Å²) in [6, 6.07) is 6.03. The fourth-order valence-electron chi connectivity index (χ4n) is 2.33. The van der Waals surface area contributed by atoms with Crippen molar-refractivity contribution in [2.75, 3.05) is 11.6 Å². The number of carbonyl (C=O) groups is 1. The van der Waals surface area contributed by atoms with Gasteiger partial charge in [0.25, 0.3) is 5.91 Å².